The normalized spacial score (nSPS) is 20.5. The number of piperazine rings is 1. The summed E-state index contributed by atoms with van der Waals surface area (Å²) in [5, 5.41) is 9.08. The molecule has 0 radical (unpaired) electrons. The van der Waals surface area contributed by atoms with E-state index in [1.54, 1.807) is 0 Å². The van der Waals surface area contributed by atoms with Crippen molar-refractivity contribution in [1.29, 1.82) is 0 Å². The van der Waals surface area contributed by atoms with Crippen LogP contribution in [0.15, 0.2) is 0 Å². The van der Waals surface area contributed by atoms with Crippen LogP contribution in [0, 0.1) is 0 Å². The highest BCUT2D eigenvalue weighted by Crippen LogP contribution is 2.23. The molecule has 0 saturated carbocycles. The van der Waals surface area contributed by atoms with E-state index in [-0.39, 0.29) is 0 Å². The molecule has 0 amide bonds. The molecule has 1 aliphatic heterocycles. The van der Waals surface area contributed by atoms with Crippen LogP contribution in [-0.4, -0.2) is 40.4 Å². The molecule has 1 aromatic heterocycles. The fraction of sp³-hybridized carbons (Fsp3) is 0.800. The highest BCUT2D eigenvalue weighted by molar-refractivity contribution is 6.31. The summed E-state index contributed by atoms with van der Waals surface area (Å²) in [5.74, 6) is 0. The molecule has 1 atom stereocenters. The summed E-state index contributed by atoms with van der Waals surface area (Å²) in [6.07, 6.45) is 3.38. The summed E-state index contributed by atoms with van der Waals surface area (Å²) in [6, 6.07) is 0.621. The number of aromatic nitrogens is 2. The van der Waals surface area contributed by atoms with Gasteiger partial charge in [0.1, 0.15) is 0 Å². The predicted octanol–water partition coefficient (Wildman–Crippen LogP) is 2.69. The number of aryl methyl sites for hydroxylation is 2. The van der Waals surface area contributed by atoms with Crippen LogP contribution in [0.25, 0.3) is 0 Å². The average molecular weight is 299 g/mol. The highest BCUT2D eigenvalue weighted by Gasteiger charge is 2.22. The first-order valence-electron chi connectivity index (χ1n) is 7.89. The van der Waals surface area contributed by atoms with Crippen LogP contribution in [0.2, 0.25) is 5.02 Å². The Morgan fingerprint density at radius 2 is 2.15 bits per heavy atom. The maximum atomic E-state index is 6.50. The van der Waals surface area contributed by atoms with Crippen LogP contribution in [0.1, 0.15) is 45.0 Å². The van der Waals surface area contributed by atoms with Crippen LogP contribution < -0.4 is 5.32 Å². The Morgan fingerprint density at radius 1 is 1.35 bits per heavy atom. The minimum atomic E-state index is 0.621. The zero-order chi connectivity index (χ0) is 14.5. The topological polar surface area (TPSA) is 33.1 Å². The van der Waals surface area contributed by atoms with E-state index >= 15 is 0 Å². The molecule has 4 nitrogen and oxygen atoms in total. The van der Waals surface area contributed by atoms with E-state index in [4.69, 9.17) is 11.6 Å². The molecule has 1 unspecified atom stereocenters. The van der Waals surface area contributed by atoms with Crippen molar-refractivity contribution in [3.8, 4) is 0 Å². The summed E-state index contributed by atoms with van der Waals surface area (Å²) in [7, 11) is 0. The maximum absolute atomic E-state index is 6.50. The first-order chi connectivity index (χ1) is 9.69. The fourth-order valence-electron chi connectivity index (χ4n) is 2.96. The van der Waals surface area contributed by atoms with Gasteiger partial charge in [-0.3, -0.25) is 9.58 Å². The first-order valence-corrected chi connectivity index (χ1v) is 8.27. The molecule has 2 heterocycles. The average Bonchev–Trinajstić information content (AvgIpc) is 2.76. The van der Waals surface area contributed by atoms with Crippen molar-refractivity contribution in [3.63, 3.8) is 0 Å². The van der Waals surface area contributed by atoms with Crippen molar-refractivity contribution < 1.29 is 0 Å². The van der Waals surface area contributed by atoms with E-state index in [0.29, 0.717) is 6.04 Å². The molecule has 20 heavy (non-hydrogen) atoms. The van der Waals surface area contributed by atoms with Crippen LogP contribution in [0.5, 0.6) is 0 Å². The molecular formula is C15H27ClN4. The molecule has 1 saturated heterocycles. The van der Waals surface area contributed by atoms with Crippen molar-refractivity contribution in [2.75, 3.05) is 19.6 Å². The number of hydrogen-bond acceptors (Lipinski definition) is 3. The number of nitrogens with zero attached hydrogens (tertiary/aromatic N) is 3. The molecule has 1 aromatic rings. The van der Waals surface area contributed by atoms with Crippen molar-refractivity contribution in [1.82, 2.24) is 20.0 Å². The van der Waals surface area contributed by atoms with Gasteiger partial charge in [-0.15, -0.1) is 0 Å². The SMILES string of the molecule is CCCC1CN(Cc2c(Cl)c(CC)nn2CC)CCN1. The van der Waals surface area contributed by atoms with Gasteiger partial charge in [0.2, 0.25) is 0 Å². The zero-order valence-corrected chi connectivity index (χ0v) is 13.7. The summed E-state index contributed by atoms with van der Waals surface area (Å²) in [5.41, 5.74) is 2.21. The Hall–Kier alpha value is -0.580. The van der Waals surface area contributed by atoms with E-state index in [1.807, 2.05) is 0 Å². The van der Waals surface area contributed by atoms with Gasteiger partial charge in [-0.2, -0.15) is 5.10 Å². The van der Waals surface area contributed by atoms with Gasteiger partial charge in [-0.25, -0.2) is 0 Å². The Kier molecular flexibility index (Phi) is 5.87. The molecule has 2 rings (SSSR count). The molecule has 1 fully saturated rings. The van der Waals surface area contributed by atoms with Gasteiger partial charge in [0.05, 0.1) is 16.4 Å². The number of rotatable bonds is 6. The van der Waals surface area contributed by atoms with Gasteiger partial charge in [-0.05, 0) is 19.8 Å². The molecule has 1 N–H and O–H groups in total. The Labute approximate surface area is 127 Å². The van der Waals surface area contributed by atoms with E-state index in [0.717, 1.165) is 49.9 Å². The van der Waals surface area contributed by atoms with Crippen LogP contribution in [0.3, 0.4) is 0 Å². The second kappa shape index (κ2) is 7.43. The lowest BCUT2D eigenvalue weighted by Gasteiger charge is -2.33. The third-order valence-corrected chi connectivity index (χ3v) is 4.48. The van der Waals surface area contributed by atoms with Crippen molar-refractivity contribution >= 4 is 11.6 Å². The fourth-order valence-corrected chi connectivity index (χ4v) is 3.29. The summed E-state index contributed by atoms with van der Waals surface area (Å²) >= 11 is 6.50. The van der Waals surface area contributed by atoms with E-state index < -0.39 is 0 Å². The van der Waals surface area contributed by atoms with Gasteiger partial charge in [-0.1, -0.05) is 31.9 Å². The molecule has 114 valence electrons. The molecule has 0 aromatic carbocycles. The van der Waals surface area contributed by atoms with Crippen molar-refractivity contribution in [2.45, 2.75) is 59.2 Å². The number of nitrogens with one attached hydrogen (secondary N) is 1. The van der Waals surface area contributed by atoms with Crippen LogP contribution in [0.4, 0.5) is 0 Å². The smallest absolute Gasteiger partial charge is 0.0863 e. The van der Waals surface area contributed by atoms with Gasteiger partial charge >= 0.3 is 0 Å². The Bertz CT molecular complexity index is 428. The molecule has 0 bridgehead atoms. The van der Waals surface area contributed by atoms with Gasteiger partial charge < -0.3 is 5.32 Å². The van der Waals surface area contributed by atoms with Crippen molar-refractivity contribution in [3.05, 3.63) is 16.4 Å². The highest BCUT2D eigenvalue weighted by atomic mass is 35.5. The summed E-state index contributed by atoms with van der Waals surface area (Å²) < 4.78 is 2.07. The van der Waals surface area contributed by atoms with E-state index in [9.17, 15) is 0 Å². The lowest BCUT2D eigenvalue weighted by Crippen LogP contribution is -2.50. The number of halogens is 1. The second-order valence-corrected chi connectivity index (χ2v) is 5.93. The third-order valence-electron chi connectivity index (χ3n) is 4.04. The Morgan fingerprint density at radius 3 is 2.80 bits per heavy atom. The van der Waals surface area contributed by atoms with Gasteiger partial charge in [0.25, 0.3) is 0 Å². The first kappa shape index (κ1) is 15.8. The maximum Gasteiger partial charge on any atom is 0.0863 e. The predicted molar refractivity (Wildman–Crippen MR) is 84.3 cm³/mol. The van der Waals surface area contributed by atoms with Gasteiger partial charge in [0, 0.05) is 38.8 Å². The number of hydrogen-bond donors (Lipinski definition) is 1. The van der Waals surface area contributed by atoms with Gasteiger partial charge in [0.15, 0.2) is 0 Å². The minimum absolute atomic E-state index is 0.621. The Balaban J connectivity index is 2.07. The zero-order valence-electron chi connectivity index (χ0n) is 13.0. The van der Waals surface area contributed by atoms with Crippen LogP contribution >= 0.6 is 11.6 Å². The third kappa shape index (κ3) is 3.54. The van der Waals surface area contributed by atoms with E-state index in [2.05, 4.69) is 40.8 Å². The molecule has 0 spiro atoms. The minimum Gasteiger partial charge on any atom is -0.311 e. The van der Waals surface area contributed by atoms with Crippen molar-refractivity contribution in [2.24, 2.45) is 0 Å². The molecule has 5 heteroatoms. The summed E-state index contributed by atoms with van der Waals surface area (Å²) in [6.45, 7) is 11.6. The molecule has 0 aliphatic carbocycles. The lowest BCUT2D eigenvalue weighted by molar-refractivity contribution is 0.182. The standard InChI is InChI=1S/C15H27ClN4/c1-4-7-12-10-19(9-8-17-12)11-14-15(16)13(5-2)18-20(14)6-3/h12,17H,4-11H2,1-3H3. The summed E-state index contributed by atoms with van der Waals surface area (Å²) in [4.78, 5) is 2.51. The second-order valence-electron chi connectivity index (χ2n) is 5.55. The molecular weight excluding hydrogens is 272 g/mol. The molecule has 1 aliphatic rings. The van der Waals surface area contributed by atoms with E-state index in [1.165, 1.54) is 18.5 Å². The monoisotopic (exact) mass is 298 g/mol. The lowest BCUT2D eigenvalue weighted by atomic mass is 10.1. The van der Waals surface area contributed by atoms with Crippen LogP contribution in [-0.2, 0) is 19.5 Å². The largest absolute Gasteiger partial charge is 0.311 e. The quantitative estimate of drug-likeness (QED) is 0.876.